The third kappa shape index (κ3) is 3.76. The largest absolute Gasteiger partial charge is 0.338 e. The van der Waals surface area contributed by atoms with Crippen molar-refractivity contribution >= 4 is 10.0 Å². The maximum absolute atomic E-state index is 11.9. The van der Waals surface area contributed by atoms with Crippen LogP contribution in [0.1, 0.15) is 31.5 Å². The van der Waals surface area contributed by atoms with Crippen LogP contribution in [0.5, 0.6) is 0 Å². The Morgan fingerprint density at radius 3 is 2.78 bits per heavy atom. The van der Waals surface area contributed by atoms with Crippen LogP contribution in [0.15, 0.2) is 4.52 Å². The van der Waals surface area contributed by atoms with Gasteiger partial charge in [-0.3, -0.25) is 0 Å². The summed E-state index contributed by atoms with van der Waals surface area (Å²) in [5, 5.41) is 6.31. The second-order valence-corrected chi connectivity index (χ2v) is 6.78. The van der Waals surface area contributed by atoms with Crippen molar-refractivity contribution < 1.29 is 12.9 Å². The van der Waals surface area contributed by atoms with E-state index in [0.29, 0.717) is 18.4 Å². The van der Waals surface area contributed by atoms with Crippen molar-refractivity contribution in [2.75, 3.05) is 6.54 Å². The van der Waals surface area contributed by atoms with Gasteiger partial charge >= 0.3 is 0 Å². The number of nitrogens with zero attached hydrogens (tertiary/aromatic N) is 2. The number of aryl methyl sites for hydroxylation is 1. The Morgan fingerprint density at radius 1 is 1.50 bits per heavy atom. The van der Waals surface area contributed by atoms with E-state index in [9.17, 15) is 8.42 Å². The Hall–Kier alpha value is -0.990. The van der Waals surface area contributed by atoms with Crippen molar-refractivity contribution in [3.63, 3.8) is 0 Å². The molecule has 2 rings (SSSR count). The lowest BCUT2D eigenvalue weighted by Gasteiger charge is -2.13. The van der Waals surface area contributed by atoms with Gasteiger partial charge in [0.2, 0.25) is 15.9 Å². The van der Waals surface area contributed by atoms with Crippen LogP contribution in [0.3, 0.4) is 0 Å². The number of nitrogens with one attached hydrogen (secondary N) is 2. The Morgan fingerprint density at radius 2 is 2.22 bits per heavy atom. The van der Waals surface area contributed by atoms with Crippen molar-refractivity contribution in [1.82, 2.24) is 20.2 Å². The van der Waals surface area contributed by atoms with Gasteiger partial charge in [0.05, 0.1) is 11.8 Å². The molecule has 1 aliphatic rings. The van der Waals surface area contributed by atoms with E-state index in [2.05, 4.69) is 20.2 Å². The van der Waals surface area contributed by atoms with Crippen molar-refractivity contribution in [3.05, 3.63) is 11.7 Å². The van der Waals surface area contributed by atoms with Crippen molar-refractivity contribution in [2.24, 2.45) is 0 Å². The minimum Gasteiger partial charge on any atom is -0.338 e. The zero-order chi connectivity index (χ0) is 13.2. The molecule has 0 saturated heterocycles. The van der Waals surface area contributed by atoms with Crippen LogP contribution in [-0.2, 0) is 16.6 Å². The van der Waals surface area contributed by atoms with E-state index in [4.69, 9.17) is 4.52 Å². The molecule has 8 heteroatoms. The summed E-state index contributed by atoms with van der Waals surface area (Å²) in [6, 6.07) is 0.501. The highest BCUT2D eigenvalue weighted by Crippen LogP contribution is 2.18. The maximum Gasteiger partial charge on any atom is 0.241 e. The minimum atomic E-state index is -3.36. The average molecular weight is 274 g/mol. The normalized spacial score (nSPS) is 17.9. The summed E-state index contributed by atoms with van der Waals surface area (Å²) in [7, 11) is -3.36. The van der Waals surface area contributed by atoms with E-state index >= 15 is 0 Å². The van der Waals surface area contributed by atoms with E-state index in [1.165, 1.54) is 0 Å². The first-order valence-electron chi connectivity index (χ1n) is 5.98. The monoisotopic (exact) mass is 274 g/mol. The molecule has 1 heterocycles. The topological polar surface area (TPSA) is 97.1 Å². The summed E-state index contributed by atoms with van der Waals surface area (Å²) in [6.07, 6.45) is 2.28. The van der Waals surface area contributed by atoms with Gasteiger partial charge in [0, 0.05) is 12.6 Å². The molecule has 2 N–H and O–H groups in total. The highest BCUT2D eigenvalue weighted by Gasteiger charge is 2.25. The summed E-state index contributed by atoms with van der Waals surface area (Å²) in [6.45, 7) is 3.86. The lowest BCUT2D eigenvalue weighted by molar-refractivity contribution is 0.371. The highest BCUT2D eigenvalue weighted by atomic mass is 32.2. The van der Waals surface area contributed by atoms with E-state index in [1.807, 2.05) is 0 Å². The van der Waals surface area contributed by atoms with E-state index in [0.717, 1.165) is 12.8 Å². The van der Waals surface area contributed by atoms with Gasteiger partial charge in [-0.15, -0.1) is 0 Å². The van der Waals surface area contributed by atoms with Crippen LogP contribution in [0.25, 0.3) is 0 Å². The molecule has 18 heavy (non-hydrogen) atoms. The second-order valence-electron chi connectivity index (χ2n) is 4.59. The number of hydrogen-bond acceptors (Lipinski definition) is 6. The number of hydrogen-bond donors (Lipinski definition) is 2. The molecule has 1 atom stereocenters. The van der Waals surface area contributed by atoms with Gasteiger partial charge in [0.1, 0.15) is 0 Å². The van der Waals surface area contributed by atoms with Gasteiger partial charge in [-0.1, -0.05) is 5.16 Å². The molecule has 1 aromatic rings. The molecule has 1 saturated carbocycles. The zero-order valence-corrected chi connectivity index (χ0v) is 11.3. The van der Waals surface area contributed by atoms with Crippen LogP contribution in [-0.4, -0.2) is 36.4 Å². The fourth-order valence-corrected chi connectivity index (χ4v) is 2.37. The first kappa shape index (κ1) is 13.4. The molecule has 1 aromatic heterocycles. The van der Waals surface area contributed by atoms with Crippen LogP contribution in [0.2, 0.25) is 0 Å². The molecule has 7 nitrogen and oxygen atoms in total. The number of rotatable bonds is 7. The number of aromatic nitrogens is 2. The van der Waals surface area contributed by atoms with Gasteiger partial charge < -0.3 is 9.84 Å². The van der Waals surface area contributed by atoms with E-state index < -0.39 is 15.3 Å². The molecule has 1 aliphatic carbocycles. The number of sulfonamides is 1. The molecule has 102 valence electrons. The summed E-state index contributed by atoms with van der Waals surface area (Å²) in [5.74, 6) is 0.770. The Labute approximate surface area is 106 Å². The molecule has 1 unspecified atom stereocenters. The van der Waals surface area contributed by atoms with Gasteiger partial charge in [-0.05, 0) is 26.7 Å². The lowest BCUT2D eigenvalue weighted by atomic mass is 10.4. The second kappa shape index (κ2) is 5.33. The van der Waals surface area contributed by atoms with Gasteiger partial charge in [-0.25, -0.2) is 13.1 Å². The van der Waals surface area contributed by atoms with Gasteiger partial charge in [0.15, 0.2) is 5.82 Å². The predicted molar refractivity (Wildman–Crippen MR) is 65.3 cm³/mol. The molecule has 0 bridgehead atoms. The maximum atomic E-state index is 11.9. The van der Waals surface area contributed by atoms with Crippen molar-refractivity contribution in [2.45, 2.75) is 44.5 Å². The molecular weight excluding hydrogens is 256 g/mol. The summed E-state index contributed by atoms with van der Waals surface area (Å²) < 4.78 is 31.1. The SMILES string of the molecule is Cc1noc(CNS(=O)(=O)C(C)CNC2CC2)n1. The first-order chi connectivity index (χ1) is 8.47. The van der Waals surface area contributed by atoms with Gasteiger partial charge in [0.25, 0.3) is 0 Å². The van der Waals surface area contributed by atoms with Crippen molar-refractivity contribution in [3.8, 4) is 0 Å². The smallest absolute Gasteiger partial charge is 0.241 e. The summed E-state index contributed by atoms with van der Waals surface area (Å²) >= 11 is 0. The molecule has 0 radical (unpaired) electrons. The molecule has 0 spiro atoms. The van der Waals surface area contributed by atoms with Crippen LogP contribution >= 0.6 is 0 Å². The van der Waals surface area contributed by atoms with E-state index in [-0.39, 0.29) is 12.4 Å². The summed E-state index contributed by atoms with van der Waals surface area (Å²) in [5.41, 5.74) is 0. The summed E-state index contributed by atoms with van der Waals surface area (Å²) in [4.78, 5) is 3.94. The quantitative estimate of drug-likeness (QED) is 0.723. The highest BCUT2D eigenvalue weighted by molar-refractivity contribution is 7.90. The molecule has 0 amide bonds. The molecular formula is C10H18N4O3S. The molecule has 1 fully saturated rings. The fraction of sp³-hybridized carbons (Fsp3) is 0.800. The van der Waals surface area contributed by atoms with Crippen LogP contribution in [0.4, 0.5) is 0 Å². The predicted octanol–water partition coefficient (Wildman–Crippen LogP) is -0.0621. The third-order valence-corrected chi connectivity index (χ3v) is 4.57. The van der Waals surface area contributed by atoms with Crippen LogP contribution < -0.4 is 10.0 Å². The minimum absolute atomic E-state index is 0.0386. The molecule has 0 aromatic carbocycles. The Kier molecular flexibility index (Phi) is 3.98. The first-order valence-corrected chi connectivity index (χ1v) is 7.53. The standard InChI is InChI=1S/C10H18N4O3S/c1-7(5-11-9-3-4-9)18(15,16)12-6-10-13-8(2)14-17-10/h7,9,11-12H,3-6H2,1-2H3. The third-order valence-electron chi connectivity index (χ3n) is 2.80. The van der Waals surface area contributed by atoms with Crippen LogP contribution in [0, 0.1) is 6.92 Å². The average Bonchev–Trinajstić information content (AvgIpc) is 3.06. The Balaban J connectivity index is 1.81. The Bertz CT molecular complexity index is 495. The fourth-order valence-electron chi connectivity index (χ4n) is 1.45. The lowest BCUT2D eigenvalue weighted by Crippen LogP contribution is -2.39. The zero-order valence-electron chi connectivity index (χ0n) is 10.5. The van der Waals surface area contributed by atoms with E-state index in [1.54, 1.807) is 13.8 Å². The van der Waals surface area contributed by atoms with Crippen molar-refractivity contribution in [1.29, 1.82) is 0 Å². The molecule has 0 aliphatic heterocycles. The van der Waals surface area contributed by atoms with Gasteiger partial charge in [-0.2, -0.15) is 4.98 Å².